The molecular formula is C9H18N2O5. The maximum atomic E-state index is 10.3. The third kappa shape index (κ3) is 4.52. The summed E-state index contributed by atoms with van der Waals surface area (Å²) in [5.74, 6) is -3.01. The standard InChI is InChI=1S/C9H18N2O5/c1-2-3-4-5-6-7-8-9(12,10(13)14)11(15)16/h12H,2-8H2,1H3. The molecule has 0 fully saturated rings. The Morgan fingerprint density at radius 3 is 1.88 bits per heavy atom. The van der Waals surface area contributed by atoms with E-state index in [1.807, 2.05) is 0 Å². The van der Waals surface area contributed by atoms with Gasteiger partial charge in [-0.05, 0) is 6.42 Å². The average Bonchev–Trinajstić information content (AvgIpc) is 2.22. The minimum absolute atomic E-state index is 0.294. The SMILES string of the molecule is CCCCCCCCC(O)([N+](=O)[O-])[N+](=O)[O-]. The third-order valence-electron chi connectivity index (χ3n) is 2.45. The maximum absolute atomic E-state index is 10.3. The van der Waals surface area contributed by atoms with E-state index in [-0.39, 0.29) is 0 Å². The van der Waals surface area contributed by atoms with Gasteiger partial charge >= 0.3 is 5.85 Å². The normalized spacial score (nSPS) is 11.4. The van der Waals surface area contributed by atoms with Gasteiger partial charge in [-0.3, -0.25) is 25.3 Å². The van der Waals surface area contributed by atoms with Crippen LogP contribution in [0.3, 0.4) is 0 Å². The van der Waals surface area contributed by atoms with E-state index in [4.69, 9.17) is 0 Å². The lowest BCUT2D eigenvalue weighted by molar-refractivity contribution is -0.848. The van der Waals surface area contributed by atoms with Crippen LogP contribution in [-0.4, -0.2) is 20.8 Å². The topological polar surface area (TPSA) is 107 Å². The van der Waals surface area contributed by atoms with Gasteiger partial charge in [0.25, 0.3) is 0 Å². The lowest BCUT2D eigenvalue weighted by Gasteiger charge is -2.09. The highest BCUT2D eigenvalue weighted by Gasteiger charge is 2.53. The van der Waals surface area contributed by atoms with Crippen molar-refractivity contribution in [1.29, 1.82) is 0 Å². The Labute approximate surface area is 93.8 Å². The van der Waals surface area contributed by atoms with Crippen LogP contribution in [0.2, 0.25) is 0 Å². The number of nitro groups is 2. The Kier molecular flexibility index (Phi) is 6.55. The van der Waals surface area contributed by atoms with Crippen molar-refractivity contribution in [2.45, 2.75) is 57.7 Å². The van der Waals surface area contributed by atoms with Crippen LogP contribution >= 0.6 is 0 Å². The van der Waals surface area contributed by atoms with Crippen molar-refractivity contribution in [3.05, 3.63) is 20.2 Å². The van der Waals surface area contributed by atoms with Crippen molar-refractivity contribution in [3.63, 3.8) is 0 Å². The van der Waals surface area contributed by atoms with Crippen molar-refractivity contribution in [1.82, 2.24) is 0 Å². The van der Waals surface area contributed by atoms with Crippen LogP contribution in [0.15, 0.2) is 0 Å². The Morgan fingerprint density at radius 2 is 1.44 bits per heavy atom. The number of hydrogen-bond donors (Lipinski definition) is 1. The van der Waals surface area contributed by atoms with Crippen LogP contribution in [-0.2, 0) is 0 Å². The summed E-state index contributed by atoms with van der Waals surface area (Å²) in [7, 11) is 0. The molecule has 0 amide bonds. The van der Waals surface area contributed by atoms with Gasteiger partial charge in [-0.25, -0.2) is 0 Å². The molecule has 16 heavy (non-hydrogen) atoms. The Bertz CT molecular complexity index is 230. The molecule has 7 heteroatoms. The van der Waals surface area contributed by atoms with Gasteiger partial charge in [0.15, 0.2) is 0 Å². The molecule has 0 radical (unpaired) electrons. The number of aliphatic hydroxyl groups is 1. The quantitative estimate of drug-likeness (QED) is 0.284. The van der Waals surface area contributed by atoms with Crippen LogP contribution in [0.5, 0.6) is 0 Å². The fraction of sp³-hybridized carbons (Fsp3) is 1.00. The molecule has 0 saturated carbocycles. The second-order valence-corrected chi connectivity index (χ2v) is 3.81. The summed E-state index contributed by atoms with van der Waals surface area (Å²) in [6.07, 6.45) is 4.62. The lowest BCUT2D eigenvalue weighted by Crippen LogP contribution is -2.46. The van der Waals surface area contributed by atoms with Crippen molar-refractivity contribution < 1.29 is 15.0 Å². The van der Waals surface area contributed by atoms with Crippen LogP contribution in [0.25, 0.3) is 0 Å². The van der Waals surface area contributed by atoms with Crippen LogP contribution in [0.1, 0.15) is 51.9 Å². The molecule has 94 valence electrons. The molecule has 0 aliphatic heterocycles. The van der Waals surface area contributed by atoms with Crippen molar-refractivity contribution in [2.75, 3.05) is 0 Å². The highest BCUT2D eigenvalue weighted by atomic mass is 16.7. The van der Waals surface area contributed by atoms with Gasteiger partial charge < -0.3 is 0 Å². The number of nitrogens with zero attached hydrogens (tertiary/aromatic N) is 2. The Morgan fingerprint density at radius 1 is 1.00 bits per heavy atom. The third-order valence-corrected chi connectivity index (χ3v) is 2.45. The first-order valence-electron chi connectivity index (χ1n) is 5.46. The molecule has 0 unspecified atom stereocenters. The monoisotopic (exact) mass is 234 g/mol. The van der Waals surface area contributed by atoms with Crippen LogP contribution in [0.4, 0.5) is 0 Å². The van der Waals surface area contributed by atoms with E-state index in [0.29, 0.717) is 12.8 Å². The van der Waals surface area contributed by atoms with Gasteiger partial charge in [0.05, 0.1) is 0 Å². The molecule has 0 aromatic heterocycles. The molecule has 0 aliphatic rings. The molecule has 0 aromatic rings. The highest BCUT2D eigenvalue weighted by molar-refractivity contribution is 4.53. The molecule has 0 atom stereocenters. The zero-order chi connectivity index (χ0) is 12.6. The summed E-state index contributed by atoms with van der Waals surface area (Å²) in [4.78, 5) is 18.2. The van der Waals surface area contributed by atoms with E-state index in [2.05, 4.69) is 6.92 Å². The largest absolute Gasteiger partial charge is 0.576 e. The van der Waals surface area contributed by atoms with Gasteiger partial charge in [-0.2, -0.15) is 0 Å². The van der Waals surface area contributed by atoms with E-state index in [9.17, 15) is 25.3 Å². The molecule has 0 aliphatic carbocycles. The van der Waals surface area contributed by atoms with E-state index in [1.54, 1.807) is 0 Å². The fourth-order valence-corrected chi connectivity index (χ4v) is 1.39. The second kappa shape index (κ2) is 7.10. The maximum Gasteiger partial charge on any atom is 0.576 e. The minimum atomic E-state index is -3.01. The smallest absolute Gasteiger partial charge is 0.269 e. The predicted octanol–water partition coefficient (Wildman–Crippen LogP) is 1.94. The Hall–Kier alpha value is -1.24. The summed E-state index contributed by atoms with van der Waals surface area (Å²) in [5, 5.41) is 29.9. The van der Waals surface area contributed by atoms with Crippen molar-refractivity contribution >= 4 is 0 Å². The zero-order valence-electron chi connectivity index (χ0n) is 9.42. The van der Waals surface area contributed by atoms with Gasteiger partial charge in [0.2, 0.25) is 0 Å². The summed E-state index contributed by atoms with van der Waals surface area (Å²) >= 11 is 0. The highest BCUT2D eigenvalue weighted by Crippen LogP contribution is 2.17. The molecule has 0 spiro atoms. The summed E-state index contributed by atoms with van der Waals surface area (Å²) in [5.41, 5.74) is 0. The zero-order valence-corrected chi connectivity index (χ0v) is 9.42. The molecule has 0 heterocycles. The van der Waals surface area contributed by atoms with E-state index >= 15 is 0 Å². The summed E-state index contributed by atoms with van der Waals surface area (Å²) in [6.45, 7) is 2.07. The first-order chi connectivity index (χ1) is 7.45. The molecule has 1 N–H and O–H groups in total. The first kappa shape index (κ1) is 14.8. The number of unbranched alkanes of at least 4 members (excludes halogenated alkanes) is 5. The average molecular weight is 234 g/mol. The molecule has 7 nitrogen and oxygen atoms in total. The number of rotatable bonds is 9. The van der Waals surface area contributed by atoms with Crippen molar-refractivity contribution in [3.8, 4) is 0 Å². The van der Waals surface area contributed by atoms with Crippen LogP contribution in [0, 0.1) is 20.2 Å². The minimum Gasteiger partial charge on any atom is -0.269 e. The fourth-order valence-electron chi connectivity index (χ4n) is 1.39. The first-order valence-corrected chi connectivity index (χ1v) is 5.46. The molecular weight excluding hydrogens is 216 g/mol. The van der Waals surface area contributed by atoms with Crippen molar-refractivity contribution in [2.24, 2.45) is 0 Å². The van der Waals surface area contributed by atoms with Gasteiger partial charge in [-0.15, -0.1) is 0 Å². The molecule has 0 rings (SSSR count). The summed E-state index contributed by atoms with van der Waals surface area (Å²) in [6, 6.07) is 0. The van der Waals surface area contributed by atoms with Gasteiger partial charge in [0.1, 0.15) is 16.3 Å². The van der Waals surface area contributed by atoms with E-state index in [1.165, 1.54) is 0 Å². The van der Waals surface area contributed by atoms with E-state index < -0.39 is 22.1 Å². The predicted molar refractivity (Wildman–Crippen MR) is 56.9 cm³/mol. The van der Waals surface area contributed by atoms with Gasteiger partial charge in [-0.1, -0.05) is 39.0 Å². The lowest BCUT2D eigenvalue weighted by atomic mass is 10.1. The Balaban J connectivity index is 3.88. The molecule has 0 bridgehead atoms. The summed E-state index contributed by atoms with van der Waals surface area (Å²) < 4.78 is 0. The second-order valence-electron chi connectivity index (χ2n) is 3.81. The number of hydrogen-bond acceptors (Lipinski definition) is 5. The molecule has 0 aromatic carbocycles. The van der Waals surface area contributed by atoms with Crippen LogP contribution < -0.4 is 0 Å². The van der Waals surface area contributed by atoms with Gasteiger partial charge in [0, 0.05) is 0 Å². The van der Waals surface area contributed by atoms with E-state index in [0.717, 1.165) is 25.7 Å². The molecule has 0 saturated heterocycles.